The molecule has 1 amide bonds. The highest BCUT2D eigenvalue weighted by Gasteiger charge is 2.28. The molecule has 2 aromatic rings. The summed E-state index contributed by atoms with van der Waals surface area (Å²) in [6.45, 7) is 3.15. The molecule has 2 unspecified atom stereocenters. The first-order valence-corrected chi connectivity index (χ1v) is 6.56. The molecule has 0 saturated carbocycles. The summed E-state index contributed by atoms with van der Waals surface area (Å²) in [5.41, 5.74) is 1.24. The number of imidazole rings is 1. The predicted octanol–water partition coefficient (Wildman–Crippen LogP) is 1.18. The van der Waals surface area contributed by atoms with Crippen molar-refractivity contribution in [3.8, 4) is 0 Å². The third-order valence-corrected chi connectivity index (χ3v) is 3.73. The van der Waals surface area contributed by atoms with Crippen molar-refractivity contribution in [2.45, 2.75) is 19.4 Å². The number of carbonyl (C=O) groups is 1. The molecule has 1 aliphatic rings. The van der Waals surface area contributed by atoms with Gasteiger partial charge in [-0.1, -0.05) is 13.0 Å². The van der Waals surface area contributed by atoms with Crippen LogP contribution in [0.5, 0.6) is 0 Å². The fourth-order valence-electron chi connectivity index (χ4n) is 2.52. The lowest BCUT2D eigenvalue weighted by atomic mass is 9.96. The van der Waals surface area contributed by atoms with E-state index in [2.05, 4.69) is 4.98 Å². The summed E-state index contributed by atoms with van der Waals surface area (Å²) in [5.74, 6) is 0.0668. The van der Waals surface area contributed by atoms with E-state index in [1.54, 1.807) is 11.1 Å². The molecule has 100 valence electrons. The molecule has 1 N–H and O–H groups in total. The number of pyridine rings is 1. The fraction of sp³-hybridized carbons (Fsp3) is 0.429. The highest BCUT2D eigenvalue weighted by atomic mass is 16.3. The van der Waals surface area contributed by atoms with Crippen LogP contribution in [0.2, 0.25) is 0 Å². The van der Waals surface area contributed by atoms with Crippen molar-refractivity contribution < 1.29 is 9.90 Å². The first kappa shape index (κ1) is 12.2. The molecule has 5 heteroatoms. The van der Waals surface area contributed by atoms with Crippen molar-refractivity contribution in [2.75, 3.05) is 13.1 Å². The first-order chi connectivity index (χ1) is 9.15. The van der Waals surface area contributed by atoms with Gasteiger partial charge in [0, 0.05) is 25.5 Å². The second-order valence-electron chi connectivity index (χ2n) is 5.18. The van der Waals surface area contributed by atoms with Crippen LogP contribution >= 0.6 is 0 Å². The number of aliphatic hydroxyl groups excluding tert-OH is 1. The summed E-state index contributed by atoms with van der Waals surface area (Å²) in [7, 11) is 0. The maximum Gasteiger partial charge on any atom is 0.274 e. The van der Waals surface area contributed by atoms with Crippen molar-refractivity contribution in [1.29, 1.82) is 0 Å². The van der Waals surface area contributed by atoms with Gasteiger partial charge in [0.25, 0.3) is 5.91 Å². The number of amides is 1. The zero-order chi connectivity index (χ0) is 13.4. The molecule has 2 atom stereocenters. The van der Waals surface area contributed by atoms with Crippen molar-refractivity contribution in [1.82, 2.24) is 14.3 Å². The van der Waals surface area contributed by atoms with Crippen LogP contribution in [0.15, 0.2) is 30.6 Å². The summed E-state index contributed by atoms with van der Waals surface area (Å²) in [4.78, 5) is 18.5. The smallest absolute Gasteiger partial charge is 0.274 e. The summed E-state index contributed by atoms with van der Waals surface area (Å²) in [6.07, 6.45) is 3.97. The van der Waals surface area contributed by atoms with Gasteiger partial charge in [0.1, 0.15) is 11.3 Å². The van der Waals surface area contributed by atoms with Gasteiger partial charge in [-0.3, -0.25) is 4.79 Å². The molecular weight excluding hydrogens is 242 g/mol. The quantitative estimate of drug-likeness (QED) is 0.836. The Morgan fingerprint density at radius 1 is 1.47 bits per heavy atom. The molecular formula is C14H17N3O2. The van der Waals surface area contributed by atoms with E-state index < -0.39 is 0 Å². The van der Waals surface area contributed by atoms with Crippen molar-refractivity contribution >= 4 is 11.6 Å². The van der Waals surface area contributed by atoms with E-state index in [1.165, 1.54) is 0 Å². The van der Waals surface area contributed by atoms with E-state index in [9.17, 15) is 9.90 Å². The largest absolute Gasteiger partial charge is 0.393 e. The first-order valence-electron chi connectivity index (χ1n) is 6.56. The summed E-state index contributed by atoms with van der Waals surface area (Å²) < 4.78 is 1.84. The number of nitrogens with zero attached hydrogens (tertiary/aromatic N) is 3. The van der Waals surface area contributed by atoms with Gasteiger partial charge in [0.15, 0.2) is 0 Å². The molecule has 0 spiro atoms. The molecule has 19 heavy (non-hydrogen) atoms. The SMILES string of the molecule is CC1CN(C(=O)c2cn3ccccc3n2)CCC1O. The second-order valence-corrected chi connectivity index (χ2v) is 5.18. The van der Waals surface area contributed by atoms with Gasteiger partial charge in [-0.25, -0.2) is 4.98 Å². The van der Waals surface area contributed by atoms with E-state index in [1.807, 2.05) is 35.7 Å². The minimum absolute atomic E-state index is 0.0533. The van der Waals surface area contributed by atoms with E-state index in [-0.39, 0.29) is 17.9 Å². The number of carbonyl (C=O) groups excluding carboxylic acids is 1. The molecule has 0 aromatic carbocycles. The maximum absolute atomic E-state index is 12.4. The highest BCUT2D eigenvalue weighted by Crippen LogP contribution is 2.18. The van der Waals surface area contributed by atoms with Crippen LogP contribution in [-0.2, 0) is 0 Å². The molecule has 0 aliphatic carbocycles. The molecule has 3 rings (SSSR count). The highest BCUT2D eigenvalue weighted by molar-refractivity contribution is 5.93. The van der Waals surface area contributed by atoms with E-state index in [4.69, 9.17) is 0 Å². The number of aromatic nitrogens is 2. The molecule has 1 saturated heterocycles. The monoisotopic (exact) mass is 259 g/mol. The zero-order valence-electron chi connectivity index (χ0n) is 10.9. The number of hydrogen-bond donors (Lipinski definition) is 1. The lowest BCUT2D eigenvalue weighted by Crippen LogP contribution is -2.45. The normalized spacial score (nSPS) is 23.8. The topological polar surface area (TPSA) is 57.8 Å². The van der Waals surface area contributed by atoms with Gasteiger partial charge in [-0.05, 0) is 24.5 Å². The average Bonchev–Trinajstić information content (AvgIpc) is 2.85. The number of fused-ring (bicyclic) bond motifs is 1. The van der Waals surface area contributed by atoms with Crippen LogP contribution in [0.1, 0.15) is 23.8 Å². The fourth-order valence-corrected chi connectivity index (χ4v) is 2.52. The van der Waals surface area contributed by atoms with Crippen LogP contribution in [0, 0.1) is 5.92 Å². The van der Waals surface area contributed by atoms with Crippen LogP contribution in [-0.4, -0.2) is 44.5 Å². The summed E-state index contributed by atoms with van der Waals surface area (Å²) in [6, 6.07) is 5.68. The van der Waals surface area contributed by atoms with Crippen LogP contribution in [0.3, 0.4) is 0 Å². The lowest BCUT2D eigenvalue weighted by molar-refractivity contribution is 0.0294. The van der Waals surface area contributed by atoms with Gasteiger partial charge < -0.3 is 14.4 Å². The Hall–Kier alpha value is -1.88. The standard InChI is InChI=1S/C14H17N3O2/c1-10-8-17(7-5-12(10)18)14(19)11-9-16-6-3-2-4-13(16)15-11/h2-4,6,9-10,12,18H,5,7-8H2,1H3. The second kappa shape index (κ2) is 4.66. The van der Waals surface area contributed by atoms with E-state index in [0.717, 1.165) is 5.65 Å². The minimum Gasteiger partial charge on any atom is -0.393 e. The van der Waals surface area contributed by atoms with E-state index in [0.29, 0.717) is 25.2 Å². The minimum atomic E-state index is -0.301. The van der Waals surface area contributed by atoms with E-state index >= 15 is 0 Å². The van der Waals surface area contributed by atoms with Crippen LogP contribution in [0.4, 0.5) is 0 Å². The Bertz CT molecular complexity index is 575. The Morgan fingerprint density at radius 3 is 3.05 bits per heavy atom. The maximum atomic E-state index is 12.4. The summed E-state index contributed by atoms with van der Waals surface area (Å²) >= 11 is 0. The third-order valence-electron chi connectivity index (χ3n) is 3.73. The Kier molecular flexibility index (Phi) is 2.98. The molecule has 5 nitrogen and oxygen atoms in total. The molecule has 0 bridgehead atoms. The number of aliphatic hydroxyl groups is 1. The Morgan fingerprint density at radius 2 is 2.32 bits per heavy atom. The van der Waals surface area contributed by atoms with Crippen molar-refractivity contribution in [3.63, 3.8) is 0 Å². The van der Waals surface area contributed by atoms with Crippen molar-refractivity contribution in [2.24, 2.45) is 5.92 Å². The predicted molar refractivity (Wildman–Crippen MR) is 70.9 cm³/mol. The average molecular weight is 259 g/mol. The van der Waals surface area contributed by atoms with Crippen molar-refractivity contribution in [3.05, 3.63) is 36.3 Å². The van der Waals surface area contributed by atoms with Gasteiger partial charge in [0.05, 0.1) is 6.10 Å². The van der Waals surface area contributed by atoms with Gasteiger partial charge in [0.2, 0.25) is 0 Å². The van der Waals surface area contributed by atoms with Crippen LogP contribution < -0.4 is 0 Å². The Balaban J connectivity index is 1.83. The zero-order valence-corrected chi connectivity index (χ0v) is 10.9. The molecule has 1 aliphatic heterocycles. The molecule has 1 fully saturated rings. The van der Waals surface area contributed by atoms with Gasteiger partial charge in [-0.15, -0.1) is 0 Å². The lowest BCUT2D eigenvalue weighted by Gasteiger charge is -2.33. The number of rotatable bonds is 1. The van der Waals surface area contributed by atoms with Crippen LogP contribution in [0.25, 0.3) is 5.65 Å². The van der Waals surface area contributed by atoms with Gasteiger partial charge >= 0.3 is 0 Å². The number of hydrogen-bond acceptors (Lipinski definition) is 3. The Labute approximate surface area is 111 Å². The third kappa shape index (κ3) is 2.21. The molecule has 2 aromatic heterocycles. The van der Waals surface area contributed by atoms with Gasteiger partial charge in [-0.2, -0.15) is 0 Å². The molecule has 0 radical (unpaired) electrons. The molecule has 3 heterocycles. The summed E-state index contributed by atoms with van der Waals surface area (Å²) in [5, 5.41) is 9.70. The number of piperidine rings is 1. The number of likely N-dealkylation sites (tertiary alicyclic amines) is 1.